The van der Waals surface area contributed by atoms with Gasteiger partial charge in [0.1, 0.15) is 0 Å². The number of imide groups is 1. The molecule has 0 radical (unpaired) electrons. The highest BCUT2D eigenvalue weighted by Crippen LogP contribution is 2.20. The van der Waals surface area contributed by atoms with Crippen LogP contribution in [0.3, 0.4) is 0 Å². The SMILES string of the molecule is CCOC(=O)NC(=O)C[NH+](CC)Cc1nc(-c2cccc(Br)c2)no1. The summed E-state index contributed by atoms with van der Waals surface area (Å²) in [6.07, 6.45) is -0.738. The Morgan fingerprint density at radius 1 is 1.36 bits per heavy atom. The molecule has 0 aliphatic heterocycles. The molecule has 1 aromatic carbocycles. The maximum Gasteiger partial charge on any atom is 0.414 e. The monoisotopic (exact) mass is 411 g/mol. The van der Waals surface area contributed by atoms with Gasteiger partial charge in [-0.1, -0.05) is 33.2 Å². The third-order valence-corrected chi connectivity index (χ3v) is 3.87. The van der Waals surface area contributed by atoms with E-state index < -0.39 is 12.0 Å². The van der Waals surface area contributed by atoms with Gasteiger partial charge < -0.3 is 14.2 Å². The number of hydrogen-bond donors (Lipinski definition) is 2. The number of carbonyl (C=O) groups is 2. The largest absolute Gasteiger partial charge is 0.450 e. The van der Waals surface area contributed by atoms with Crippen LogP contribution in [-0.2, 0) is 16.1 Å². The summed E-state index contributed by atoms with van der Waals surface area (Å²) in [7, 11) is 0. The van der Waals surface area contributed by atoms with Crippen LogP contribution < -0.4 is 10.2 Å². The number of quaternary nitrogens is 1. The standard InChI is InChI=1S/C16H19BrN4O4/c1-3-21(9-13(22)18-16(23)24-4-2)10-14-19-15(20-25-14)11-6-5-7-12(17)8-11/h5-8H,3-4,9-10H2,1-2H3,(H,18,22,23)/p+1. The van der Waals surface area contributed by atoms with Crippen LogP contribution in [0.25, 0.3) is 11.4 Å². The van der Waals surface area contributed by atoms with E-state index in [1.165, 1.54) is 0 Å². The molecule has 25 heavy (non-hydrogen) atoms. The Morgan fingerprint density at radius 3 is 2.84 bits per heavy atom. The zero-order valence-electron chi connectivity index (χ0n) is 14.0. The Balaban J connectivity index is 1.95. The van der Waals surface area contributed by atoms with Crippen molar-refractivity contribution in [1.82, 2.24) is 15.5 Å². The summed E-state index contributed by atoms with van der Waals surface area (Å²) in [6, 6.07) is 7.58. The van der Waals surface area contributed by atoms with Crippen molar-refractivity contribution in [3.63, 3.8) is 0 Å². The van der Waals surface area contributed by atoms with Crippen molar-refractivity contribution in [2.75, 3.05) is 19.7 Å². The van der Waals surface area contributed by atoms with Crippen LogP contribution in [0.15, 0.2) is 33.3 Å². The van der Waals surface area contributed by atoms with E-state index in [2.05, 4.69) is 36.1 Å². The zero-order chi connectivity index (χ0) is 18.2. The average molecular weight is 412 g/mol. The first-order chi connectivity index (χ1) is 12.0. The molecule has 1 aromatic heterocycles. The number of alkyl carbamates (subject to hydrolysis) is 1. The van der Waals surface area contributed by atoms with E-state index in [-0.39, 0.29) is 13.2 Å². The molecule has 2 aromatic rings. The van der Waals surface area contributed by atoms with Gasteiger partial charge in [0.05, 0.1) is 13.2 Å². The van der Waals surface area contributed by atoms with E-state index in [1.807, 2.05) is 31.2 Å². The first-order valence-electron chi connectivity index (χ1n) is 7.90. The molecule has 0 fully saturated rings. The van der Waals surface area contributed by atoms with Gasteiger partial charge in [0, 0.05) is 10.0 Å². The third kappa shape index (κ3) is 5.95. The summed E-state index contributed by atoms with van der Waals surface area (Å²) in [5.41, 5.74) is 0.836. The Hall–Kier alpha value is -2.26. The Bertz CT molecular complexity index is 734. The lowest BCUT2D eigenvalue weighted by Gasteiger charge is -2.14. The maximum absolute atomic E-state index is 11.8. The molecule has 9 heteroatoms. The number of likely N-dealkylation sites (N-methyl/N-ethyl adjacent to an activating group) is 1. The number of ether oxygens (including phenoxy) is 1. The quantitative estimate of drug-likeness (QED) is 0.709. The van der Waals surface area contributed by atoms with Crippen LogP contribution in [0.5, 0.6) is 0 Å². The van der Waals surface area contributed by atoms with Crippen LogP contribution in [-0.4, -0.2) is 41.8 Å². The highest BCUT2D eigenvalue weighted by Gasteiger charge is 2.19. The van der Waals surface area contributed by atoms with Gasteiger partial charge in [-0.15, -0.1) is 0 Å². The van der Waals surface area contributed by atoms with E-state index in [9.17, 15) is 9.59 Å². The Morgan fingerprint density at radius 2 is 2.16 bits per heavy atom. The number of halogens is 1. The van der Waals surface area contributed by atoms with E-state index in [0.29, 0.717) is 24.8 Å². The highest BCUT2D eigenvalue weighted by molar-refractivity contribution is 9.10. The molecule has 0 bridgehead atoms. The molecule has 1 unspecified atom stereocenters. The number of nitrogens with one attached hydrogen (secondary N) is 2. The number of nitrogens with zero attached hydrogens (tertiary/aromatic N) is 2. The second kappa shape index (κ2) is 9.28. The van der Waals surface area contributed by atoms with Gasteiger partial charge in [0.15, 0.2) is 13.1 Å². The number of hydrogen-bond acceptors (Lipinski definition) is 6. The van der Waals surface area contributed by atoms with E-state index >= 15 is 0 Å². The summed E-state index contributed by atoms with van der Waals surface area (Å²) in [4.78, 5) is 28.4. The van der Waals surface area contributed by atoms with Gasteiger partial charge in [-0.05, 0) is 26.0 Å². The second-order valence-electron chi connectivity index (χ2n) is 5.25. The summed E-state index contributed by atoms with van der Waals surface area (Å²) >= 11 is 3.40. The molecule has 2 N–H and O–H groups in total. The van der Waals surface area contributed by atoms with Crippen LogP contribution in [0.4, 0.5) is 4.79 Å². The van der Waals surface area contributed by atoms with Gasteiger partial charge >= 0.3 is 6.09 Å². The number of carbonyl (C=O) groups excluding carboxylic acids is 2. The van der Waals surface area contributed by atoms with Crippen LogP contribution in [0.1, 0.15) is 19.7 Å². The normalized spacial score (nSPS) is 11.8. The lowest BCUT2D eigenvalue weighted by Crippen LogP contribution is -3.11. The third-order valence-electron chi connectivity index (χ3n) is 3.38. The van der Waals surface area contributed by atoms with Crippen molar-refractivity contribution in [2.45, 2.75) is 20.4 Å². The zero-order valence-corrected chi connectivity index (χ0v) is 15.6. The molecule has 1 heterocycles. The smallest absolute Gasteiger partial charge is 0.414 e. The molecule has 0 aliphatic rings. The molecule has 0 saturated heterocycles. The minimum absolute atomic E-state index is 0.101. The lowest BCUT2D eigenvalue weighted by atomic mass is 10.2. The Kier molecular flexibility index (Phi) is 7.08. The molecular weight excluding hydrogens is 392 g/mol. The Labute approximate surface area is 153 Å². The fourth-order valence-corrected chi connectivity index (χ4v) is 2.55. The average Bonchev–Trinajstić information content (AvgIpc) is 3.03. The van der Waals surface area contributed by atoms with E-state index in [0.717, 1.165) is 14.9 Å². The van der Waals surface area contributed by atoms with Crippen molar-refractivity contribution in [3.8, 4) is 11.4 Å². The summed E-state index contributed by atoms with van der Waals surface area (Å²) in [6.45, 7) is 4.96. The number of aromatic nitrogens is 2. The number of benzene rings is 1. The topological polar surface area (TPSA) is 98.8 Å². The molecule has 1 atom stereocenters. The summed E-state index contributed by atoms with van der Waals surface area (Å²) in [5.74, 6) is 0.500. The van der Waals surface area contributed by atoms with Crippen LogP contribution in [0.2, 0.25) is 0 Å². The minimum Gasteiger partial charge on any atom is -0.450 e. The fraction of sp³-hybridized carbons (Fsp3) is 0.375. The maximum atomic E-state index is 11.8. The number of rotatable bonds is 7. The molecule has 0 saturated carbocycles. The lowest BCUT2D eigenvalue weighted by molar-refractivity contribution is -0.905. The number of amides is 2. The summed E-state index contributed by atoms with van der Waals surface area (Å²) < 4.78 is 10.9. The molecule has 0 spiro atoms. The van der Waals surface area contributed by atoms with Crippen LogP contribution in [0, 0.1) is 0 Å². The van der Waals surface area contributed by atoms with Gasteiger partial charge in [-0.2, -0.15) is 4.98 Å². The van der Waals surface area contributed by atoms with Gasteiger partial charge in [-0.25, -0.2) is 4.79 Å². The predicted molar refractivity (Wildman–Crippen MR) is 92.7 cm³/mol. The van der Waals surface area contributed by atoms with Gasteiger partial charge in [-0.3, -0.25) is 10.1 Å². The van der Waals surface area contributed by atoms with Gasteiger partial charge in [0.2, 0.25) is 5.82 Å². The molecule has 134 valence electrons. The highest BCUT2D eigenvalue weighted by atomic mass is 79.9. The van der Waals surface area contributed by atoms with E-state index in [4.69, 9.17) is 4.52 Å². The molecule has 0 aliphatic carbocycles. The molecule has 2 amide bonds. The van der Waals surface area contributed by atoms with Crippen molar-refractivity contribution < 1.29 is 23.7 Å². The first-order valence-corrected chi connectivity index (χ1v) is 8.69. The second-order valence-corrected chi connectivity index (χ2v) is 6.16. The van der Waals surface area contributed by atoms with Crippen LogP contribution >= 0.6 is 15.9 Å². The van der Waals surface area contributed by atoms with Crippen molar-refractivity contribution in [3.05, 3.63) is 34.6 Å². The molecule has 8 nitrogen and oxygen atoms in total. The van der Waals surface area contributed by atoms with Gasteiger partial charge in [0.25, 0.3) is 11.8 Å². The fourth-order valence-electron chi connectivity index (χ4n) is 2.15. The van der Waals surface area contributed by atoms with Crippen molar-refractivity contribution in [2.24, 2.45) is 0 Å². The molecular formula is C16H20BrN4O4+. The van der Waals surface area contributed by atoms with Crippen molar-refractivity contribution >= 4 is 27.9 Å². The molecule has 2 rings (SSSR count). The van der Waals surface area contributed by atoms with E-state index in [1.54, 1.807) is 6.92 Å². The summed E-state index contributed by atoms with van der Waals surface area (Å²) in [5, 5.41) is 6.15. The predicted octanol–water partition coefficient (Wildman–Crippen LogP) is 1.18. The van der Waals surface area contributed by atoms with Crippen molar-refractivity contribution in [1.29, 1.82) is 0 Å². The first kappa shape index (κ1) is 19.1. The minimum atomic E-state index is -0.738.